The summed E-state index contributed by atoms with van der Waals surface area (Å²) in [6, 6.07) is 7.37. The average Bonchev–Trinajstić information content (AvgIpc) is 3.06. The molecule has 0 saturated carbocycles. The largest absolute Gasteiger partial charge is 0.497 e. The van der Waals surface area contributed by atoms with Crippen LogP contribution in [0.1, 0.15) is 32.6 Å². The Morgan fingerprint density at radius 2 is 1.96 bits per heavy atom. The molecule has 136 valence electrons. The molecular weight excluding hydrogens is 358 g/mol. The van der Waals surface area contributed by atoms with Crippen LogP contribution < -0.4 is 14.8 Å². The maximum absolute atomic E-state index is 11.9. The maximum atomic E-state index is 11.9. The smallest absolute Gasteiger partial charge is 0.226 e. The number of rotatable bonds is 11. The summed E-state index contributed by atoms with van der Waals surface area (Å²) in [5.41, 5.74) is 0. The summed E-state index contributed by atoms with van der Waals surface area (Å²) >= 11 is 3.10. The highest BCUT2D eigenvalue weighted by molar-refractivity contribution is 8.01. The molecule has 2 aromatic rings. The predicted octanol–water partition coefficient (Wildman–Crippen LogP) is 4.24. The van der Waals surface area contributed by atoms with E-state index in [1.54, 1.807) is 18.9 Å². The number of carbonyl (C=O) groups excluding carboxylic acids is 1. The van der Waals surface area contributed by atoms with Gasteiger partial charge in [0.25, 0.3) is 0 Å². The van der Waals surface area contributed by atoms with Gasteiger partial charge in [0, 0.05) is 12.2 Å². The Kier molecular flexibility index (Phi) is 8.54. The molecule has 25 heavy (non-hydrogen) atoms. The molecular formula is C17H23N3O3S2. The number of aromatic nitrogens is 2. The Bertz CT molecular complexity index is 647. The van der Waals surface area contributed by atoms with Crippen LogP contribution >= 0.6 is 23.1 Å². The number of nitrogens with one attached hydrogen (secondary N) is 1. The Labute approximate surface area is 156 Å². The monoisotopic (exact) mass is 381 g/mol. The van der Waals surface area contributed by atoms with Crippen LogP contribution in [0, 0.1) is 0 Å². The molecule has 0 spiro atoms. The minimum absolute atomic E-state index is 0.0698. The van der Waals surface area contributed by atoms with Gasteiger partial charge in [0.15, 0.2) is 4.34 Å². The van der Waals surface area contributed by atoms with Gasteiger partial charge < -0.3 is 14.8 Å². The van der Waals surface area contributed by atoms with Gasteiger partial charge in [0.05, 0.1) is 13.7 Å². The van der Waals surface area contributed by atoms with Crippen LogP contribution in [0.15, 0.2) is 28.6 Å². The van der Waals surface area contributed by atoms with E-state index in [1.165, 1.54) is 11.3 Å². The van der Waals surface area contributed by atoms with Crippen LogP contribution in [0.4, 0.5) is 5.13 Å². The molecule has 2 rings (SSSR count). The number of hydrogen-bond donors (Lipinski definition) is 1. The van der Waals surface area contributed by atoms with E-state index in [0.29, 0.717) is 24.6 Å². The van der Waals surface area contributed by atoms with E-state index < -0.39 is 0 Å². The lowest BCUT2D eigenvalue weighted by molar-refractivity contribution is -0.116. The van der Waals surface area contributed by atoms with Crippen molar-refractivity contribution in [1.29, 1.82) is 0 Å². The first-order chi connectivity index (χ1) is 12.2. The fourth-order valence-electron chi connectivity index (χ4n) is 1.90. The molecule has 0 bridgehead atoms. The van der Waals surface area contributed by atoms with Crippen molar-refractivity contribution in [2.75, 3.05) is 24.8 Å². The Hall–Kier alpha value is -1.80. The van der Waals surface area contributed by atoms with Crippen molar-refractivity contribution in [1.82, 2.24) is 10.2 Å². The fraction of sp³-hybridized carbons (Fsp3) is 0.471. The SMILES string of the molecule is CCCCSc1nnc(NC(=O)CCCOc2ccc(OC)cc2)s1. The van der Waals surface area contributed by atoms with Gasteiger partial charge in [0.1, 0.15) is 11.5 Å². The lowest BCUT2D eigenvalue weighted by atomic mass is 10.3. The molecule has 0 fully saturated rings. The number of ether oxygens (including phenoxy) is 2. The lowest BCUT2D eigenvalue weighted by Gasteiger charge is -2.06. The molecule has 0 radical (unpaired) electrons. The number of unbranched alkanes of at least 4 members (excludes halogenated alkanes) is 1. The van der Waals surface area contributed by atoms with E-state index in [1.807, 2.05) is 24.3 Å². The van der Waals surface area contributed by atoms with Crippen LogP contribution in [0.2, 0.25) is 0 Å². The van der Waals surface area contributed by atoms with Crippen LogP contribution in [-0.2, 0) is 4.79 Å². The number of thioether (sulfide) groups is 1. The summed E-state index contributed by atoms with van der Waals surface area (Å²) in [5.74, 6) is 2.51. The molecule has 0 aliphatic carbocycles. The molecule has 1 N–H and O–H groups in total. The summed E-state index contributed by atoms with van der Waals surface area (Å²) in [4.78, 5) is 11.9. The zero-order valence-electron chi connectivity index (χ0n) is 14.5. The third-order valence-corrected chi connectivity index (χ3v) is 5.31. The van der Waals surface area contributed by atoms with Crippen molar-refractivity contribution in [2.45, 2.75) is 36.9 Å². The first-order valence-electron chi connectivity index (χ1n) is 8.24. The Balaban J connectivity index is 1.63. The van der Waals surface area contributed by atoms with Crippen molar-refractivity contribution in [3.8, 4) is 11.5 Å². The topological polar surface area (TPSA) is 73.3 Å². The van der Waals surface area contributed by atoms with Crippen molar-refractivity contribution < 1.29 is 14.3 Å². The second-order valence-corrected chi connectivity index (χ2v) is 7.57. The number of hydrogen-bond acceptors (Lipinski definition) is 7. The average molecular weight is 382 g/mol. The number of nitrogens with zero attached hydrogens (tertiary/aromatic N) is 2. The van der Waals surface area contributed by atoms with E-state index in [9.17, 15) is 4.79 Å². The van der Waals surface area contributed by atoms with Crippen molar-refractivity contribution >= 4 is 34.1 Å². The number of benzene rings is 1. The molecule has 0 saturated heterocycles. The summed E-state index contributed by atoms with van der Waals surface area (Å²) in [6.45, 7) is 2.64. The summed E-state index contributed by atoms with van der Waals surface area (Å²) in [7, 11) is 1.62. The highest BCUT2D eigenvalue weighted by atomic mass is 32.2. The van der Waals surface area contributed by atoms with Gasteiger partial charge in [-0.25, -0.2) is 0 Å². The van der Waals surface area contributed by atoms with E-state index in [2.05, 4.69) is 22.4 Å². The Morgan fingerprint density at radius 1 is 1.20 bits per heavy atom. The second kappa shape index (κ2) is 10.9. The molecule has 1 aromatic carbocycles. The number of anilines is 1. The zero-order chi connectivity index (χ0) is 17.9. The van der Waals surface area contributed by atoms with Crippen LogP contribution in [0.3, 0.4) is 0 Å². The molecule has 0 aliphatic rings. The molecule has 1 aromatic heterocycles. The van der Waals surface area contributed by atoms with E-state index in [0.717, 1.165) is 34.4 Å². The van der Waals surface area contributed by atoms with Gasteiger partial charge in [-0.05, 0) is 37.1 Å². The first kappa shape index (κ1) is 19.5. The fourth-order valence-corrected chi connectivity index (χ4v) is 3.82. The van der Waals surface area contributed by atoms with Crippen LogP contribution in [-0.4, -0.2) is 35.6 Å². The molecule has 0 aliphatic heterocycles. The van der Waals surface area contributed by atoms with E-state index in [4.69, 9.17) is 9.47 Å². The van der Waals surface area contributed by atoms with Crippen LogP contribution in [0.5, 0.6) is 11.5 Å². The molecule has 0 unspecified atom stereocenters. The minimum atomic E-state index is -0.0698. The van der Waals surface area contributed by atoms with Crippen LogP contribution in [0.25, 0.3) is 0 Å². The highest BCUT2D eigenvalue weighted by Gasteiger charge is 2.08. The molecule has 1 heterocycles. The molecule has 6 nitrogen and oxygen atoms in total. The third-order valence-electron chi connectivity index (χ3n) is 3.25. The second-order valence-electron chi connectivity index (χ2n) is 5.25. The number of carbonyl (C=O) groups is 1. The number of amides is 1. The zero-order valence-corrected chi connectivity index (χ0v) is 16.1. The van der Waals surface area contributed by atoms with Crippen molar-refractivity contribution in [2.24, 2.45) is 0 Å². The summed E-state index contributed by atoms with van der Waals surface area (Å²) < 4.78 is 11.6. The summed E-state index contributed by atoms with van der Waals surface area (Å²) in [5, 5.41) is 11.4. The standard InChI is InChI=1S/C17H23N3O3S2/c1-3-4-12-24-17-20-19-16(25-17)18-15(21)6-5-11-23-14-9-7-13(22-2)8-10-14/h7-10H,3-6,11-12H2,1-2H3,(H,18,19,21). The Morgan fingerprint density at radius 3 is 2.68 bits per heavy atom. The quantitative estimate of drug-likeness (QED) is 0.357. The molecule has 1 amide bonds. The van der Waals surface area contributed by atoms with Crippen molar-refractivity contribution in [3.05, 3.63) is 24.3 Å². The first-order valence-corrected chi connectivity index (χ1v) is 10.0. The summed E-state index contributed by atoms with van der Waals surface area (Å²) in [6.07, 6.45) is 3.33. The number of methoxy groups -OCH3 is 1. The van der Waals surface area contributed by atoms with Gasteiger partial charge in [-0.2, -0.15) is 0 Å². The van der Waals surface area contributed by atoms with Crippen molar-refractivity contribution in [3.63, 3.8) is 0 Å². The highest BCUT2D eigenvalue weighted by Crippen LogP contribution is 2.26. The lowest BCUT2D eigenvalue weighted by Crippen LogP contribution is -2.12. The van der Waals surface area contributed by atoms with Gasteiger partial charge in [-0.1, -0.05) is 36.4 Å². The minimum Gasteiger partial charge on any atom is -0.497 e. The van der Waals surface area contributed by atoms with Gasteiger partial charge in [0.2, 0.25) is 11.0 Å². The predicted molar refractivity (Wildman–Crippen MR) is 102 cm³/mol. The molecule has 0 atom stereocenters. The van der Waals surface area contributed by atoms with Gasteiger partial charge in [-0.3, -0.25) is 4.79 Å². The molecule has 8 heteroatoms. The van der Waals surface area contributed by atoms with E-state index >= 15 is 0 Å². The normalized spacial score (nSPS) is 10.5. The maximum Gasteiger partial charge on any atom is 0.226 e. The third kappa shape index (κ3) is 7.31. The van der Waals surface area contributed by atoms with E-state index in [-0.39, 0.29) is 5.91 Å². The van der Waals surface area contributed by atoms with Gasteiger partial charge in [-0.15, -0.1) is 10.2 Å². The van der Waals surface area contributed by atoms with Gasteiger partial charge >= 0.3 is 0 Å².